The minimum absolute atomic E-state index is 0.00719. The van der Waals surface area contributed by atoms with Crippen molar-refractivity contribution in [1.29, 1.82) is 0 Å². The van der Waals surface area contributed by atoms with Crippen LogP contribution in [0.25, 0.3) is 0 Å². The predicted molar refractivity (Wildman–Crippen MR) is 91.1 cm³/mol. The van der Waals surface area contributed by atoms with Gasteiger partial charge >= 0.3 is 0 Å². The Morgan fingerprint density at radius 2 is 1.64 bits per heavy atom. The van der Waals surface area contributed by atoms with E-state index in [1.807, 2.05) is 0 Å². The average Bonchev–Trinajstić information content (AvgIpc) is 2.55. The molecule has 1 aromatic carbocycles. The summed E-state index contributed by atoms with van der Waals surface area (Å²) in [6.45, 7) is 1.33. The van der Waals surface area contributed by atoms with Crippen LogP contribution in [0.3, 0.4) is 0 Å². The maximum Gasteiger partial charge on any atom is 0.239 e. The van der Waals surface area contributed by atoms with Crippen LogP contribution in [-0.2, 0) is 20.8 Å². The van der Waals surface area contributed by atoms with E-state index in [-0.39, 0.29) is 48.6 Å². The van der Waals surface area contributed by atoms with E-state index in [2.05, 4.69) is 16.0 Å². The lowest BCUT2D eigenvalue weighted by molar-refractivity contribution is -0.125. The molecule has 0 aromatic heterocycles. The van der Waals surface area contributed by atoms with Crippen LogP contribution in [0.4, 0.5) is 4.39 Å². The van der Waals surface area contributed by atoms with E-state index < -0.39 is 0 Å². The molecule has 7 heteroatoms. The zero-order chi connectivity index (χ0) is 18.2. The van der Waals surface area contributed by atoms with Gasteiger partial charge < -0.3 is 16.0 Å². The Hall–Kier alpha value is -2.44. The van der Waals surface area contributed by atoms with Gasteiger partial charge in [-0.3, -0.25) is 14.4 Å². The average molecular weight is 349 g/mol. The molecule has 0 spiro atoms. The molecule has 1 saturated carbocycles. The molecule has 1 aliphatic rings. The number of nitrogens with one attached hydrogen (secondary N) is 3. The molecule has 2 rings (SSSR count). The second-order valence-electron chi connectivity index (χ2n) is 6.41. The molecule has 0 heterocycles. The van der Waals surface area contributed by atoms with Crippen molar-refractivity contribution < 1.29 is 18.8 Å². The van der Waals surface area contributed by atoms with Crippen molar-refractivity contribution in [3.8, 4) is 0 Å². The van der Waals surface area contributed by atoms with Gasteiger partial charge in [-0.15, -0.1) is 0 Å². The van der Waals surface area contributed by atoms with Gasteiger partial charge in [-0.1, -0.05) is 12.1 Å². The van der Waals surface area contributed by atoms with Crippen molar-refractivity contribution in [3.63, 3.8) is 0 Å². The van der Waals surface area contributed by atoms with Crippen molar-refractivity contribution in [2.24, 2.45) is 0 Å². The van der Waals surface area contributed by atoms with E-state index in [0.29, 0.717) is 6.42 Å². The molecular weight excluding hydrogens is 325 g/mol. The molecule has 0 saturated heterocycles. The van der Waals surface area contributed by atoms with Crippen LogP contribution < -0.4 is 16.0 Å². The lowest BCUT2D eigenvalue weighted by Crippen LogP contribution is -2.48. The van der Waals surface area contributed by atoms with Gasteiger partial charge in [0.25, 0.3) is 0 Å². The summed E-state index contributed by atoms with van der Waals surface area (Å²) >= 11 is 0. The predicted octanol–water partition coefficient (Wildman–Crippen LogP) is 1.05. The molecule has 0 radical (unpaired) electrons. The van der Waals surface area contributed by atoms with Crippen molar-refractivity contribution in [2.75, 3.05) is 6.54 Å². The summed E-state index contributed by atoms with van der Waals surface area (Å²) in [5.74, 6) is -0.903. The lowest BCUT2D eigenvalue weighted by atomic mass is 9.90. The van der Waals surface area contributed by atoms with Gasteiger partial charge in [-0.25, -0.2) is 4.39 Å². The van der Waals surface area contributed by atoms with E-state index in [9.17, 15) is 18.8 Å². The monoisotopic (exact) mass is 349 g/mol. The van der Waals surface area contributed by atoms with Gasteiger partial charge in [0.1, 0.15) is 5.82 Å². The molecule has 3 amide bonds. The molecule has 0 bridgehead atoms. The first kappa shape index (κ1) is 18.9. The van der Waals surface area contributed by atoms with Crippen molar-refractivity contribution >= 4 is 17.7 Å². The fourth-order valence-corrected chi connectivity index (χ4v) is 3.00. The first-order valence-corrected chi connectivity index (χ1v) is 8.50. The molecule has 2 atom stereocenters. The number of amides is 3. The molecule has 1 fully saturated rings. The van der Waals surface area contributed by atoms with Crippen LogP contribution in [0.5, 0.6) is 0 Å². The van der Waals surface area contributed by atoms with Crippen LogP contribution in [0.1, 0.15) is 38.2 Å². The number of hydrogen-bond acceptors (Lipinski definition) is 3. The first-order chi connectivity index (χ1) is 11.9. The van der Waals surface area contributed by atoms with E-state index in [0.717, 1.165) is 24.8 Å². The number of carbonyl (C=O) groups excluding carboxylic acids is 3. The number of carbonyl (C=O) groups is 3. The molecule has 0 unspecified atom stereocenters. The van der Waals surface area contributed by atoms with Gasteiger partial charge in [-0.2, -0.15) is 0 Å². The summed E-state index contributed by atoms with van der Waals surface area (Å²) in [6, 6.07) is 5.87. The molecule has 0 aliphatic heterocycles. The minimum atomic E-state index is -0.325. The summed E-state index contributed by atoms with van der Waals surface area (Å²) in [7, 11) is 0. The third-order valence-electron chi connectivity index (χ3n) is 4.18. The Balaban J connectivity index is 1.76. The van der Waals surface area contributed by atoms with Gasteiger partial charge in [-0.05, 0) is 43.4 Å². The highest BCUT2D eigenvalue weighted by atomic mass is 19.1. The Morgan fingerprint density at radius 1 is 1.04 bits per heavy atom. The van der Waals surface area contributed by atoms with Crippen LogP contribution >= 0.6 is 0 Å². The highest BCUT2D eigenvalue weighted by Crippen LogP contribution is 2.19. The molecule has 3 N–H and O–H groups in total. The smallest absolute Gasteiger partial charge is 0.239 e. The van der Waals surface area contributed by atoms with Crippen molar-refractivity contribution in [2.45, 2.75) is 51.1 Å². The minimum Gasteiger partial charge on any atom is -0.353 e. The SMILES string of the molecule is CC(=O)NCC(=O)N[C@H]1CCC[C@@H](NC(=O)Cc2ccc(F)cc2)C1. The Labute approximate surface area is 146 Å². The molecule has 6 nitrogen and oxygen atoms in total. The van der Waals surface area contributed by atoms with Gasteiger partial charge in [0.15, 0.2) is 0 Å². The summed E-state index contributed by atoms with van der Waals surface area (Å²) in [4.78, 5) is 34.7. The van der Waals surface area contributed by atoms with Crippen LogP contribution in [0.15, 0.2) is 24.3 Å². The number of hydrogen-bond donors (Lipinski definition) is 3. The Morgan fingerprint density at radius 3 is 2.24 bits per heavy atom. The van der Waals surface area contributed by atoms with Crippen LogP contribution in [0, 0.1) is 5.82 Å². The standard InChI is InChI=1S/C18H24FN3O3/c1-12(23)20-11-18(25)22-16-4-2-3-15(10-16)21-17(24)9-13-5-7-14(19)8-6-13/h5-8,15-16H,2-4,9-11H2,1H3,(H,20,23)(H,21,24)(H,22,25)/t15-,16+/m1/s1. The zero-order valence-electron chi connectivity index (χ0n) is 14.3. The topological polar surface area (TPSA) is 87.3 Å². The van der Waals surface area contributed by atoms with Crippen molar-refractivity contribution in [1.82, 2.24) is 16.0 Å². The maximum absolute atomic E-state index is 12.9. The fraction of sp³-hybridized carbons (Fsp3) is 0.500. The number of benzene rings is 1. The van der Waals surface area contributed by atoms with E-state index in [4.69, 9.17) is 0 Å². The Kier molecular flexibility index (Phi) is 6.91. The highest BCUT2D eigenvalue weighted by Gasteiger charge is 2.24. The second-order valence-corrected chi connectivity index (χ2v) is 6.41. The molecule has 1 aliphatic carbocycles. The maximum atomic E-state index is 12.9. The summed E-state index contributed by atoms with van der Waals surface area (Å²) in [5.41, 5.74) is 0.759. The van der Waals surface area contributed by atoms with Crippen LogP contribution in [0.2, 0.25) is 0 Å². The third kappa shape index (κ3) is 6.91. The summed E-state index contributed by atoms with van der Waals surface area (Å²) < 4.78 is 12.9. The second kappa shape index (κ2) is 9.15. The quantitative estimate of drug-likeness (QED) is 0.717. The number of rotatable bonds is 6. The van der Waals surface area contributed by atoms with E-state index >= 15 is 0 Å². The van der Waals surface area contributed by atoms with Gasteiger partial charge in [0.05, 0.1) is 13.0 Å². The fourth-order valence-electron chi connectivity index (χ4n) is 3.00. The molecule has 25 heavy (non-hydrogen) atoms. The van der Waals surface area contributed by atoms with Gasteiger partial charge in [0, 0.05) is 19.0 Å². The number of halogens is 1. The van der Waals surface area contributed by atoms with Crippen molar-refractivity contribution in [3.05, 3.63) is 35.6 Å². The Bertz CT molecular complexity index is 618. The molecular formula is C18H24FN3O3. The zero-order valence-corrected chi connectivity index (χ0v) is 14.3. The first-order valence-electron chi connectivity index (χ1n) is 8.50. The molecule has 136 valence electrons. The van der Waals surface area contributed by atoms with Crippen LogP contribution in [-0.4, -0.2) is 36.3 Å². The van der Waals surface area contributed by atoms with E-state index in [1.165, 1.54) is 19.1 Å². The normalized spacial score (nSPS) is 19.8. The third-order valence-corrected chi connectivity index (χ3v) is 4.18. The highest BCUT2D eigenvalue weighted by molar-refractivity contribution is 5.83. The lowest BCUT2D eigenvalue weighted by Gasteiger charge is -2.30. The molecule has 1 aromatic rings. The van der Waals surface area contributed by atoms with E-state index in [1.54, 1.807) is 12.1 Å². The largest absolute Gasteiger partial charge is 0.353 e. The summed E-state index contributed by atoms with van der Waals surface area (Å²) in [6.07, 6.45) is 3.51. The van der Waals surface area contributed by atoms with Gasteiger partial charge in [0.2, 0.25) is 17.7 Å². The summed E-state index contributed by atoms with van der Waals surface area (Å²) in [5, 5.41) is 8.33.